The second-order valence-corrected chi connectivity index (χ2v) is 3.26. The number of carbonyl (C=O) groups is 1. The van der Waals surface area contributed by atoms with E-state index in [1.807, 2.05) is 0 Å². The summed E-state index contributed by atoms with van der Waals surface area (Å²) >= 11 is 0. The quantitative estimate of drug-likeness (QED) is 0.821. The van der Waals surface area contributed by atoms with E-state index in [1.165, 1.54) is 17.0 Å². The number of carbonyl (C=O) groups excluding carboxylic acids is 1. The van der Waals surface area contributed by atoms with Gasteiger partial charge in [-0.25, -0.2) is 4.39 Å². The third-order valence-corrected chi connectivity index (χ3v) is 2.12. The van der Waals surface area contributed by atoms with Crippen molar-refractivity contribution >= 4 is 11.6 Å². The Morgan fingerprint density at radius 3 is 2.87 bits per heavy atom. The largest absolute Gasteiger partial charge is 0.396 e. The third-order valence-electron chi connectivity index (χ3n) is 2.12. The summed E-state index contributed by atoms with van der Waals surface area (Å²) in [6.07, 6.45) is 0.696. The lowest BCUT2D eigenvalue weighted by Crippen LogP contribution is -2.26. The molecular weight excluding hydrogens is 197 g/mol. The van der Waals surface area contributed by atoms with E-state index >= 15 is 0 Å². The maximum Gasteiger partial charge on any atom is 0.226 e. The molecule has 3 nitrogen and oxygen atoms in total. The van der Waals surface area contributed by atoms with E-state index < -0.39 is 0 Å². The number of hydrogen-bond acceptors (Lipinski definition) is 2. The van der Waals surface area contributed by atoms with Gasteiger partial charge in [0.2, 0.25) is 5.91 Å². The molecule has 0 aliphatic heterocycles. The van der Waals surface area contributed by atoms with Crippen molar-refractivity contribution in [3.05, 3.63) is 30.1 Å². The van der Waals surface area contributed by atoms with Crippen molar-refractivity contribution in [1.29, 1.82) is 0 Å². The Morgan fingerprint density at radius 2 is 2.27 bits per heavy atom. The maximum atomic E-state index is 12.9. The number of nitrogens with zero attached hydrogens (tertiary/aromatic N) is 1. The van der Waals surface area contributed by atoms with Crippen LogP contribution in [0.4, 0.5) is 10.1 Å². The molecular formula is C11H14FNO2. The average molecular weight is 211 g/mol. The van der Waals surface area contributed by atoms with Crippen molar-refractivity contribution < 1.29 is 14.3 Å². The molecule has 0 spiro atoms. The lowest BCUT2D eigenvalue weighted by Gasteiger charge is -2.16. The Bertz CT molecular complexity index is 341. The standard InChI is InChI=1S/C11H14FNO2/c1-13(11(15)6-3-7-14)10-5-2-4-9(12)8-10/h2,4-5,8,14H,3,6-7H2,1H3. The summed E-state index contributed by atoms with van der Waals surface area (Å²) in [5.74, 6) is -0.496. The molecule has 0 saturated heterocycles. The molecule has 0 fully saturated rings. The highest BCUT2D eigenvalue weighted by atomic mass is 19.1. The Morgan fingerprint density at radius 1 is 1.53 bits per heavy atom. The van der Waals surface area contributed by atoms with Crippen molar-refractivity contribution in [2.45, 2.75) is 12.8 Å². The van der Waals surface area contributed by atoms with E-state index in [2.05, 4.69) is 0 Å². The van der Waals surface area contributed by atoms with Gasteiger partial charge in [0, 0.05) is 25.8 Å². The van der Waals surface area contributed by atoms with Crippen LogP contribution in [0.25, 0.3) is 0 Å². The van der Waals surface area contributed by atoms with E-state index in [1.54, 1.807) is 19.2 Å². The van der Waals surface area contributed by atoms with Crippen LogP contribution in [0.5, 0.6) is 0 Å². The van der Waals surface area contributed by atoms with Gasteiger partial charge in [-0.3, -0.25) is 4.79 Å². The van der Waals surface area contributed by atoms with Crippen LogP contribution in [0, 0.1) is 5.82 Å². The number of rotatable bonds is 4. The Balaban J connectivity index is 2.67. The SMILES string of the molecule is CN(C(=O)CCCO)c1cccc(F)c1. The molecule has 0 aliphatic rings. The highest BCUT2D eigenvalue weighted by Crippen LogP contribution is 2.14. The molecule has 0 aromatic heterocycles. The molecule has 0 saturated carbocycles. The summed E-state index contributed by atoms with van der Waals surface area (Å²) in [7, 11) is 1.59. The molecule has 0 radical (unpaired) electrons. The second kappa shape index (κ2) is 5.46. The normalized spacial score (nSPS) is 10.1. The molecule has 0 bridgehead atoms. The van der Waals surface area contributed by atoms with E-state index in [0.29, 0.717) is 12.1 Å². The first-order chi connectivity index (χ1) is 7.15. The van der Waals surface area contributed by atoms with Crippen molar-refractivity contribution in [2.75, 3.05) is 18.6 Å². The first kappa shape index (κ1) is 11.7. The van der Waals surface area contributed by atoms with Gasteiger partial charge in [0.25, 0.3) is 0 Å². The summed E-state index contributed by atoms with van der Waals surface area (Å²) in [6.45, 7) is -0.0112. The first-order valence-electron chi connectivity index (χ1n) is 4.78. The van der Waals surface area contributed by atoms with Crippen LogP contribution in [0.1, 0.15) is 12.8 Å². The van der Waals surface area contributed by atoms with Crippen LogP contribution in [0.2, 0.25) is 0 Å². The van der Waals surface area contributed by atoms with Crippen LogP contribution in [0.15, 0.2) is 24.3 Å². The number of anilines is 1. The summed E-state index contributed by atoms with van der Waals surface area (Å²) in [4.78, 5) is 12.9. The fourth-order valence-electron chi connectivity index (χ4n) is 1.23. The van der Waals surface area contributed by atoms with Crippen LogP contribution >= 0.6 is 0 Å². The van der Waals surface area contributed by atoms with E-state index in [9.17, 15) is 9.18 Å². The average Bonchev–Trinajstić information content (AvgIpc) is 2.24. The monoisotopic (exact) mass is 211 g/mol. The minimum Gasteiger partial charge on any atom is -0.396 e. The van der Waals surface area contributed by atoms with Gasteiger partial charge in [-0.15, -0.1) is 0 Å². The Kier molecular flexibility index (Phi) is 4.24. The minimum atomic E-state index is -0.366. The molecule has 1 rings (SSSR count). The molecule has 1 aromatic rings. The van der Waals surface area contributed by atoms with Crippen LogP contribution in [-0.2, 0) is 4.79 Å². The second-order valence-electron chi connectivity index (χ2n) is 3.26. The molecule has 1 amide bonds. The zero-order chi connectivity index (χ0) is 11.3. The summed E-state index contributed by atoms with van der Waals surface area (Å²) in [5, 5.41) is 8.58. The van der Waals surface area contributed by atoms with E-state index in [0.717, 1.165) is 0 Å². The lowest BCUT2D eigenvalue weighted by molar-refractivity contribution is -0.118. The predicted molar refractivity (Wildman–Crippen MR) is 56.1 cm³/mol. The maximum absolute atomic E-state index is 12.9. The number of amides is 1. The number of halogens is 1. The highest BCUT2D eigenvalue weighted by Gasteiger charge is 2.10. The fourth-order valence-corrected chi connectivity index (χ4v) is 1.23. The number of benzene rings is 1. The van der Waals surface area contributed by atoms with Gasteiger partial charge in [-0.2, -0.15) is 0 Å². The van der Waals surface area contributed by atoms with Crippen LogP contribution in [-0.4, -0.2) is 24.7 Å². The van der Waals surface area contributed by atoms with Gasteiger partial charge in [-0.05, 0) is 24.6 Å². The highest BCUT2D eigenvalue weighted by molar-refractivity contribution is 5.92. The van der Waals surface area contributed by atoms with Crippen molar-refractivity contribution in [3.8, 4) is 0 Å². The molecule has 15 heavy (non-hydrogen) atoms. The Hall–Kier alpha value is -1.42. The van der Waals surface area contributed by atoms with Gasteiger partial charge in [0.1, 0.15) is 5.82 Å². The van der Waals surface area contributed by atoms with Gasteiger partial charge in [0.05, 0.1) is 0 Å². The van der Waals surface area contributed by atoms with E-state index in [-0.39, 0.29) is 24.8 Å². The lowest BCUT2D eigenvalue weighted by atomic mass is 10.2. The molecule has 82 valence electrons. The molecule has 4 heteroatoms. The zero-order valence-corrected chi connectivity index (χ0v) is 8.61. The number of hydrogen-bond donors (Lipinski definition) is 1. The van der Waals surface area contributed by atoms with Gasteiger partial charge < -0.3 is 10.0 Å². The van der Waals surface area contributed by atoms with Crippen molar-refractivity contribution in [2.24, 2.45) is 0 Å². The van der Waals surface area contributed by atoms with Crippen LogP contribution < -0.4 is 4.90 Å². The predicted octanol–water partition coefficient (Wildman–Crippen LogP) is 1.56. The summed E-state index contributed by atoms with van der Waals surface area (Å²) in [6, 6.07) is 5.85. The molecule has 0 heterocycles. The summed E-state index contributed by atoms with van der Waals surface area (Å²) in [5.41, 5.74) is 0.526. The zero-order valence-electron chi connectivity index (χ0n) is 8.61. The van der Waals surface area contributed by atoms with Crippen molar-refractivity contribution in [1.82, 2.24) is 0 Å². The fraction of sp³-hybridized carbons (Fsp3) is 0.364. The van der Waals surface area contributed by atoms with Crippen LogP contribution in [0.3, 0.4) is 0 Å². The third kappa shape index (κ3) is 3.32. The molecule has 0 unspecified atom stereocenters. The molecule has 1 aromatic carbocycles. The topological polar surface area (TPSA) is 40.5 Å². The number of aliphatic hydroxyl groups excluding tert-OH is 1. The smallest absolute Gasteiger partial charge is 0.226 e. The molecule has 0 atom stereocenters. The van der Waals surface area contributed by atoms with Crippen molar-refractivity contribution in [3.63, 3.8) is 0 Å². The molecule has 0 aliphatic carbocycles. The van der Waals surface area contributed by atoms with Gasteiger partial charge >= 0.3 is 0 Å². The minimum absolute atomic E-state index is 0.0112. The summed E-state index contributed by atoms with van der Waals surface area (Å²) < 4.78 is 12.9. The van der Waals surface area contributed by atoms with Gasteiger partial charge in [-0.1, -0.05) is 6.07 Å². The Labute approximate surface area is 88.1 Å². The molecule has 1 N–H and O–H groups in total. The number of aliphatic hydroxyl groups is 1. The first-order valence-corrected chi connectivity index (χ1v) is 4.78. The van der Waals surface area contributed by atoms with E-state index in [4.69, 9.17) is 5.11 Å². The van der Waals surface area contributed by atoms with Gasteiger partial charge in [0.15, 0.2) is 0 Å².